The SMILES string of the molecule is COc1ccc(-c2noc(CNS(=O)(=O)c3cccs3)n2)cc1OC. The van der Waals surface area contributed by atoms with Gasteiger partial charge in [-0.2, -0.15) is 4.98 Å². The third-order valence-electron chi connectivity index (χ3n) is 3.28. The second kappa shape index (κ2) is 7.21. The monoisotopic (exact) mass is 381 g/mol. The molecular weight excluding hydrogens is 366 g/mol. The van der Waals surface area contributed by atoms with Gasteiger partial charge in [-0.15, -0.1) is 11.3 Å². The van der Waals surface area contributed by atoms with Crippen LogP contribution in [0.2, 0.25) is 0 Å². The molecule has 0 saturated carbocycles. The minimum Gasteiger partial charge on any atom is -0.493 e. The summed E-state index contributed by atoms with van der Waals surface area (Å²) in [7, 11) is -0.510. The molecule has 0 spiro atoms. The zero-order valence-electron chi connectivity index (χ0n) is 13.4. The van der Waals surface area contributed by atoms with Gasteiger partial charge in [-0.25, -0.2) is 13.1 Å². The van der Waals surface area contributed by atoms with Gasteiger partial charge in [0.05, 0.1) is 20.8 Å². The molecule has 25 heavy (non-hydrogen) atoms. The highest BCUT2D eigenvalue weighted by Gasteiger charge is 2.17. The molecule has 0 atom stereocenters. The zero-order valence-corrected chi connectivity index (χ0v) is 15.1. The highest BCUT2D eigenvalue weighted by molar-refractivity contribution is 7.91. The summed E-state index contributed by atoms with van der Waals surface area (Å²) in [5.41, 5.74) is 0.661. The molecule has 10 heteroatoms. The van der Waals surface area contributed by atoms with Crippen LogP contribution in [0.25, 0.3) is 11.4 Å². The van der Waals surface area contributed by atoms with E-state index in [0.29, 0.717) is 22.9 Å². The van der Waals surface area contributed by atoms with Gasteiger partial charge in [-0.3, -0.25) is 0 Å². The Morgan fingerprint density at radius 1 is 1.20 bits per heavy atom. The molecule has 0 aliphatic heterocycles. The number of benzene rings is 1. The lowest BCUT2D eigenvalue weighted by molar-refractivity contribution is 0.355. The van der Waals surface area contributed by atoms with Gasteiger partial charge in [-0.1, -0.05) is 11.2 Å². The van der Waals surface area contributed by atoms with Crippen LogP contribution in [0.5, 0.6) is 11.5 Å². The number of nitrogens with one attached hydrogen (secondary N) is 1. The van der Waals surface area contributed by atoms with Gasteiger partial charge >= 0.3 is 0 Å². The van der Waals surface area contributed by atoms with E-state index in [-0.39, 0.29) is 16.6 Å². The van der Waals surface area contributed by atoms with Crippen LogP contribution in [-0.2, 0) is 16.6 Å². The van der Waals surface area contributed by atoms with Gasteiger partial charge < -0.3 is 14.0 Å². The number of methoxy groups -OCH3 is 2. The van der Waals surface area contributed by atoms with E-state index >= 15 is 0 Å². The maximum absolute atomic E-state index is 12.1. The normalized spacial score (nSPS) is 11.4. The Balaban J connectivity index is 1.75. The Hall–Kier alpha value is -2.43. The molecule has 2 heterocycles. The molecule has 0 radical (unpaired) electrons. The van der Waals surface area contributed by atoms with Crippen molar-refractivity contribution < 1.29 is 22.4 Å². The highest BCUT2D eigenvalue weighted by atomic mass is 32.2. The van der Waals surface area contributed by atoms with Crippen LogP contribution in [0.4, 0.5) is 0 Å². The molecule has 0 fully saturated rings. The minimum absolute atomic E-state index is 0.0967. The summed E-state index contributed by atoms with van der Waals surface area (Å²) in [6.45, 7) is -0.0967. The van der Waals surface area contributed by atoms with Crippen molar-refractivity contribution in [1.29, 1.82) is 0 Å². The smallest absolute Gasteiger partial charge is 0.250 e. The van der Waals surface area contributed by atoms with Crippen LogP contribution in [0, 0.1) is 0 Å². The van der Waals surface area contributed by atoms with E-state index in [4.69, 9.17) is 14.0 Å². The summed E-state index contributed by atoms with van der Waals surface area (Å²) >= 11 is 1.13. The molecule has 1 aromatic carbocycles. The quantitative estimate of drug-likeness (QED) is 0.669. The van der Waals surface area contributed by atoms with E-state index < -0.39 is 10.0 Å². The van der Waals surface area contributed by atoms with Crippen LogP contribution in [0.3, 0.4) is 0 Å². The van der Waals surface area contributed by atoms with Crippen molar-refractivity contribution in [3.8, 4) is 22.9 Å². The Labute approximate surface area is 148 Å². The molecule has 2 aromatic heterocycles. The molecule has 0 aliphatic rings. The first-order valence-electron chi connectivity index (χ1n) is 7.11. The fraction of sp³-hybridized carbons (Fsp3) is 0.200. The first kappa shape index (κ1) is 17.4. The number of thiophene rings is 1. The van der Waals surface area contributed by atoms with Crippen molar-refractivity contribution in [3.05, 3.63) is 41.6 Å². The van der Waals surface area contributed by atoms with E-state index in [1.165, 1.54) is 13.2 Å². The number of rotatable bonds is 7. The molecule has 0 unspecified atom stereocenters. The molecule has 0 bridgehead atoms. The summed E-state index contributed by atoms with van der Waals surface area (Å²) in [5, 5.41) is 5.56. The number of nitrogens with zero attached hydrogens (tertiary/aromatic N) is 2. The maximum atomic E-state index is 12.1. The molecule has 3 rings (SSSR count). The highest BCUT2D eigenvalue weighted by Crippen LogP contribution is 2.31. The standard InChI is InChI=1S/C15H15N3O5S2/c1-21-11-6-5-10(8-12(11)22-2)15-17-13(23-18-15)9-16-25(19,20)14-4-3-7-24-14/h3-8,16H,9H2,1-2H3. The predicted molar refractivity (Wildman–Crippen MR) is 91.2 cm³/mol. The molecule has 0 amide bonds. The summed E-state index contributed by atoms with van der Waals surface area (Å²) in [6, 6.07) is 8.38. The molecule has 132 valence electrons. The minimum atomic E-state index is -3.59. The van der Waals surface area contributed by atoms with Crippen molar-refractivity contribution in [2.45, 2.75) is 10.8 Å². The molecule has 1 N–H and O–H groups in total. The van der Waals surface area contributed by atoms with Gasteiger partial charge in [0.15, 0.2) is 11.5 Å². The van der Waals surface area contributed by atoms with Crippen LogP contribution >= 0.6 is 11.3 Å². The first-order valence-corrected chi connectivity index (χ1v) is 9.48. The van der Waals surface area contributed by atoms with Crippen molar-refractivity contribution in [2.75, 3.05) is 14.2 Å². The van der Waals surface area contributed by atoms with Gasteiger partial charge in [0.25, 0.3) is 10.0 Å². The van der Waals surface area contributed by atoms with Crippen LogP contribution in [-0.4, -0.2) is 32.8 Å². The van der Waals surface area contributed by atoms with E-state index in [0.717, 1.165) is 11.3 Å². The van der Waals surface area contributed by atoms with Gasteiger partial charge in [0.1, 0.15) is 4.21 Å². The van der Waals surface area contributed by atoms with Crippen LogP contribution < -0.4 is 14.2 Å². The van der Waals surface area contributed by atoms with Crippen molar-refractivity contribution in [1.82, 2.24) is 14.9 Å². The Morgan fingerprint density at radius 2 is 2.00 bits per heavy atom. The van der Waals surface area contributed by atoms with Crippen LogP contribution in [0.1, 0.15) is 5.89 Å². The average molecular weight is 381 g/mol. The van der Waals surface area contributed by atoms with E-state index in [1.807, 2.05) is 0 Å². The van der Waals surface area contributed by atoms with Gasteiger partial charge in [0, 0.05) is 5.56 Å². The third kappa shape index (κ3) is 3.81. The fourth-order valence-electron chi connectivity index (χ4n) is 2.06. The average Bonchev–Trinajstić information content (AvgIpc) is 3.31. The number of hydrogen-bond acceptors (Lipinski definition) is 8. The molecular formula is C15H15N3O5S2. The van der Waals surface area contributed by atoms with E-state index in [2.05, 4.69) is 14.9 Å². The van der Waals surface area contributed by atoms with Crippen molar-refractivity contribution in [3.63, 3.8) is 0 Å². The van der Waals surface area contributed by atoms with Gasteiger partial charge in [-0.05, 0) is 29.6 Å². The second-order valence-corrected chi connectivity index (χ2v) is 7.78. The van der Waals surface area contributed by atoms with Gasteiger partial charge in [0.2, 0.25) is 11.7 Å². The van der Waals surface area contributed by atoms with Crippen molar-refractivity contribution >= 4 is 21.4 Å². The summed E-state index contributed by atoms with van der Waals surface area (Å²) in [5.74, 6) is 1.60. The predicted octanol–water partition coefficient (Wildman–Crippen LogP) is 2.29. The summed E-state index contributed by atoms with van der Waals surface area (Å²) in [4.78, 5) is 4.20. The van der Waals surface area contributed by atoms with Crippen molar-refractivity contribution in [2.24, 2.45) is 0 Å². The largest absolute Gasteiger partial charge is 0.493 e. The zero-order chi connectivity index (χ0) is 17.9. The molecule has 0 saturated heterocycles. The Bertz CT molecular complexity index is 951. The summed E-state index contributed by atoms with van der Waals surface area (Å²) < 4.78 is 42.3. The maximum Gasteiger partial charge on any atom is 0.250 e. The van der Waals surface area contributed by atoms with Crippen LogP contribution in [0.15, 0.2) is 44.4 Å². The Morgan fingerprint density at radius 3 is 2.68 bits per heavy atom. The summed E-state index contributed by atoms with van der Waals surface area (Å²) in [6.07, 6.45) is 0. The molecule has 8 nitrogen and oxygen atoms in total. The number of hydrogen-bond donors (Lipinski definition) is 1. The fourth-order valence-corrected chi connectivity index (χ4v) is 4.08. The molecule has 0 aliphatic carbocycles. The van der Waals surface area contributed by atoms with E-state index in [9.17, 15) is 8.42 Å². The number of sulfonamides is 1. The topological polar surface area (TPSA) is 104 Å². The first-order chi connectivity index (χ1) is 12.0. The lowest BCUT2D eigenvalue weighted by Crippen LogP contribution is -2.22. The molecule has 3 aromatic rings. The lowest BCUT2D eigenvalue weighted by atomic mass is 10.2. The van der Waals surface area contributed by atoms with E-state index in [1.54, 1.807) is 36.8 Å². The Kier molecular flexibility index (Phi) is 5.02. The number of aromatic nitrogens is 2. The number of ether oxygens (including phenoxy) is 2. The third-order valence-corrected chi connectivity index (χ3v) is 6.08. The second-order valence-electron chi connectivity index (χ2n) is 4.84. The lowest BCUT2D eigenvalue weighted by Gasteiger charge is -2.07.